The number of hydrogen-bond donors (Lipinski definition) is 0. The molecule has 1 aliphatic heterocycles. The summed E-state index contributed by atoms with van der Waals surface area (Å²) < 4.78 is 10.9. The normalized spacial score (nSPS) is 27.1. The maximum atomic E-state index is 12.6. The molecule has 0 unspecified atom stereocenters. The minimum atomic E-state index is -0.180. The third-order valence-corrected chi connectivity index (χ3v) is 5.40. The highest BCUT2D eigenvalue weighted by atomic mass is 16.5. The number of likely N-dealkylation sites (tertiary alicyclic amines) is 1. The van der Waals surface area contributed by atoms with Crippen LogP contribution in [0.4, 0.5) is 0 Å². The van der Waals surface area contributed by atoms with Crippen LogP contribution in [-0.2, 0) is 14.3 Å². The SMILES string of the molecule is CCOC(=O)[C@H]1[C@@H]2CN(C(=O)COc3ccc(C)cc3)C[C@@H]2C=C[C@@H]1C. The van der Waals surface area contributed by atoms with Crippen molar-refractivity contribution in [2.24, 2.45) is 23.7 Å². The van der Waals surface area contributed by atoms with Gasteiger partial charge in [0.1, 0.15) is 5.75 Å². The van der Waals surface area contributed by atoms with Gasteiger partial charge < -0.3 is 14.4 Å². The second-order valence-corrected chi connectivity index (χ2v) is 7.25. The molecule has 2 aliphatic rings. The van der Waals surface area contributed by atoms with Gasteiger partial charge in [-0.15, -0.1) is 0 Å². The Kier molecular flexibility index (Phi) is 5.64. The lowest BCUT2D eigenvalue weighted by Crippen LogP contribution is -2.38. The van der Waals surface area contributed by atoms with Crippen molar-refractivity contribution in [1.29, 1.82) is 0 Å². The molecule has 1 fully saturated rings. The van der Waals surface area contributed by atoms with Crippen molar-refractivity contribution in [3.63, 3.8) is 0 Å². The molecule has 4 atom stereocenters. The number of carbonyl (C=O) groups is 2. The Balaban J connectivity index is 1.61. The summed E-state index contributed by atoms with van der Waals surface area (Å²) in [6.45, 7) is 7.50. The molecule has 1 aliphatic carbocycles. The van der Waals surface area contributed by atoms with E-state index in [0.29, 0.717) is 25.4 Å². The molecule has 1 saturated heterocycles. The van der Waals surface area contributed by atoms with Crippen molar-refractivity contribution in [2.45, 2.75) is 20.8 Å². The molecule has 140 valence electrons. The molecule has 0 saturated carbocycles. The van der Waals surface area contributed by atoms with Gasteiger partial charge in [-0.1, -0.05) is 36.8 Å². The zero-order valence-corrected chi connectivity index (χ0v) is 15.7. The fraction of sp³-hybridized carbons (Fsp3) is 0.524. The van der Waals surface area contributed by atoms with Crippen LogP contribution in [0.3, 0.4) is 0 Å². The Hall–Kier alpha value is -2.30. The van der Waals surface area contributed by atoms with Crippen LogP contribution in [0.25, 0.3) is 0 Å². The number of nitrogens with zero attached hydrogens (tertiary/aromatic N) is 1. The van der Waals surface area contributed by atoms with E-state index in [9.17, 15) is 9.59 Å². The van der Waals surface area contributed by atoms with Crippen LogP contribution in [0, 0.1) is 30.6 Å². The summed E-state index contributed by atoms with van der Waals surface area (Å²) in [6, 6.07) is 7.65. The zero-order valence-electron chi connectivity index (χ0n) is 15.7. The van der Waals surface area contributed by atoms with Crippen molar-refractivity contribution in [3.8, 4) is 5.75 Å². The van der Waals surface area contributed by atoms with Crippen molar-refractivity contribution in [2.75, 3.05) is 26.3 Å². The summed E-state index contributed by atoms with van der Waals surface area (Å²) in [4.78, 5) is 26.8. The van der Waals surface area contributed by atoms with Gasteiger partial charge in [-0.05, 0) is 43.7 Å². The highest BCUT2D eigenvalue weighted by molar-refractivity contribution is 5.79. The first-order valence-electron chi connectivity index (χ1n) is 9.31. The molecule has 0 N–H and O–H groups in total. The number of amides is 1. The zero-order chi connectivity index (χ0) is 18.7. The molecular weight excluding hydrogens is 330 g/mol. The summed E-state index contributed by atoms with van der Waals surface area (Å²) in [6.07, 6.45) is 4.23. The number of allylic oxidation sites excluding steroid dienone is 1. The van der Waals surface area contributed by atoms with E-state index < -0.39 is 0 Å². The van der Waals surface area contributed by atoms with E-state index in [2.05, 4.69) is 12.2 Å². The van der Waals surface area contributed by atoms with Crippen LogP contribution in [0.1, 0.15) is 19.4 Å². The Labute approximate surface area is 155 Å². The lowest BCUT2D eigenvalue weighted by atomic mass is 9.72. The first kappa shape index (κ1) is 18.5. The maximum absolute atomic E-state index is 12.6. The Morgan fingerprint density at radius 3 is 2.58 bits per heavy atom. The Bertz CT molecular complexity index is 682. The number of aryl methyl sites for hydroxylation is 1. The number of carbonyl (C=O) groups excluding carboxylic acids is 2. The first-order chi connectivity index (χ1) is 12.5. The number of esters is 1. The molecule has 5 nitrogen and oxygen atoms in total. The third kappa shape index (κ3) is 3.92. The lowest BCUT2D eigenvalue weighted by Gasteiger charge is -2.31. The van der Waals surface area contributed by atoms with Gasteiger partial charge >= 0.3 is 5.97 Å². The topological polar surface area (TPSA) is 55.8 Å². The van der Waals surface area contributed by atoms with Gasteiger partial charge in [0.05, 0.1) is 12.5 Å². The van der Waals surface area contributed by atoms with E-state index in [4.69, 9.17) is 9.47 Å². The van der Waals surface area contributed by atoms with E-state index in [0.717, 1.165) is 5.56 Å². The quantitative estimate of drug-likeness (QED) is 0.601. The van der Waals surface area contributed by atoms with Crippen molar-refractivity contribution in [3.05, 3.63) is 42.0 Å². The molecule has 1 amide bonds. The molecule has 1 aromatic carbocycles. The molecule has 5 heteroatoms. The summed E-state index contributed by atoms with van der Waals surface area (Å²) in [7, 11) is 0. The van der Waals surface area contributed by atoms with E-state index in [1.165, 1.54) is 0 Å². The number of fused-ring (bicyclic) bond motifs is 1. The number of hydrogen-bond acceptors (Lipinski definition) is 4. The molecular formula is C21H27NO4. The maximum Gasteiger partial charge on any atom is 0.309 e. The second kappa shape index (κ2) is 7.94. The van der Waals surface area contributed by atoms with Crippen molar-refractivity contribution < 1.29 is 19.1 Å². The fourth-order valence-corrected chi connectivity index (χ4v) is 3.97. The number of rotatable bonds is 5. The van der Waals surface area contributed by atoms with Crippen LogP contribution in [0.2, 0.25) is 0 Å². The van der Waals surface area contributed by atoms with Crippen LogP contribution in [0.5, 0.6) is 5.75 Å². The van der Waals surface area contributed by atoms with E-state index in [-0.39, 0.29) is 42.2 Å². The second-order valence-electron chi connectivity index (χ2n) is 7.25. The number of benzene rings is 1. The standard InChI is InChI=1S/C21H27NO4/c1-4-25-21(24)20-15(3)7-8-16-11-22(12-18(16)20)19(23)13-26-17-9-5-14(2)6-10-17/h5-10,15-16,18,20H,4,11-13H2,1-3H3/t15-,16-,18+,20+/m0/s1. The molecule has 0 spiro atoms. The molecule has 0 bridgehead atoms. The molecule has 1 heterocycles. The summed E-state index contributed by atoms with van der Waals surface area (Å²) >= 11 is 0. The van der Waals surface area contributed by atoms with Gasteiger partial charge in [0.15, 0.2) is 6.61 Å². The molecule has 26 heavy (non-hydrogen) atoms. The molecule has 3 rings (SSSR count). The molecule has 0 radical (unpaired) electrons. The predicted molar refractivity (Wildman–Crippen MR) is 98.7 cm³/mol. The summed E-state index contributed by atoms with van der Waals surface area (Å²) in [5.74, 6) is 0.794. The summed E-state index contributed by atoms with van der Waals surface area (Å²) in [5, 5.41) is 0. The highest BCUT2D eigenvalue weighted by Crippen LogP contribution is 2.40. The van der Waals surface area contributed by atoms with Crippen molar-refractivity contribution >= 4 is 11.9 Å². The fourth-order valence-electron chi connectivity index (χ4n) is 3.97. The van der Waals surface area contributed by atoms with Gasteiger partial charge in [0.2, 0.25) is 0 Å². The van der Waals surface area contributed by atoms with Crippen LogP contribution in [-0.4, -0.2) is 43.1 Å². The minimum absolute atomic E-state index is 0.0197. The Morgan fingerprint density at radius 1 is 1.15 bits per heavy atom. The van der Waals surface area contributed by atoms with E-state index in [1.807, 2.05) is 49.9 Å². The molecule has 1 aromatic rings. The van der Waals surface area contributed by atoms with Gasteiger partial charge in [0, 0.05) is 13.1 Å². The van der Waals surface area contributed by atoms with Crippen molar-refractivity contribution in [1.82, 2.24) is 4.90 Å². The lowest BCUT2D eigenvalue weighted by molar-refractivity contribution is -0.152. The van der Waals surface area contributed by atoms with Gasteiger partial charge in [-0.2, -0.15) is 0 Å². The van der Waals surface area contributed by atoms with Crippen LogP contribution >= 0.6 is 0 Å². The van der Waals surface area contributed by atoms with E-state index in [1.54, 1.807) is 0 Å². The average Bonchev–Trinajstić information content (AvgIpc) is 3.05. The molecule has 0 aromatic heterocycles. The third-order valence-electron chi connectivity index (χ3n) is 5.40. The van der Waals surface area contributed by atoms with E-state index >= 15 is 0 Å². The Morgan fingerprint density at radius 2 is 1.88 bits per heavy atom. The smallest absolute Gasteiger partial charge is 0.309 e. The summed E-state index contributed by atoms with van der Waals surface area (Å²) in [5.41, 5.74) is 1.15. The highest BCUT2D eigenvalue weighted by Gasteiger charge is 2.45. The minimum Gasteiger partial charge on any atom is -0.484 e. The average molecular weight is 357 g/mol. The van der Waals surface area contributed by atoms with Gasteiger partial charge in [-0.3, -0.25) is 9.59 Å². The monoisotopic (exact) mass is 357 g/mol. The van der Waals surface area contributed by atoms with Gasteiger partial charge in [0.25, 0.3) is 5.91 Å². The first-order valence-corrected chi connectivity index (χ1v) is 9.31. The largest absolute Gasteiger partial charge is 0.484 e. The predicted octanol–water partition coefficient (Wildman–Crippen LogP) is 2.83. The number of ether oxygens (including phenoxy) is 2. The van der Waals surface area contributed by atoms with Crippen LogP contribution in [0.15, 0.2) is 36.4 Å². The van der Waals surface area contributed by atoms with Gasteiger partial charge in [-0.25, -0.2) is 0 Å². The van der Waals surface area contributed by atoms with Crippen LogP contribution < -0.4 is 4.74 Å².